The lowest BCUT2D eigenvalue weighted by Crippen LogP contribution is -2.23. The van der Waals surface area contributed by atoms with E-state index in [1.165, 1.54) is 0 Å². The number of nitrogens with zero attached hydrogens (tertiary/aromatic N) is 7. The van der Waals surface area contributed by atoms with E-state index in [9.17, 15) is 9.18 Å². The molecular formula is C20H28FN9O. The van der Waals surface area contributed by atoms with E-state index in [1.54, 1.807) is 17.2 Å². The van der Waals surface area contributed by atoms with Crippen molar-refractivity contribution in [2.75, 3.05) is 23.3 Å². The predicted molar refractivity (Wildman–Crippen MR) is 118 cm³/mol. The van der Waals surface area contributed by atoms with Gasteiger partial charge < -0.3 is 20.5 Å². The van der Waals surface area contributed by atoms with Gasteiger partial charge in [0.15, 0.2) is 17.0 Å². The molecule has 2 unspecified atom stereocenters. The molecule has 0 saturated carbocycles. The van der Waals surface area contributed by atoms with E-state index in [2.05, 4.69) is 46.5 Å². The molecule has 10 nitrogen and oxygen atoms in total. The van der Waals surface area contributed by atoms with Crippen molar-refractivity contribution in [1.29, 1.82) is 0 Å². The van der Waals surface area contributed by atoms with Gasteiger partial charge in [-0.3, -0.25) is 9.48 Å². The number of hydrogen-bond donors (Lipinski definition) is 2. The van der Waals surface area contributed by atoms with Crippen molar-refractivity contribution < 1.29 is 9.18 Å². The molecule has 4 rings (SSSR count). The van der Waals surface area contributed by atoms with Crippen LogP contribution in [0.1, 0.15) is 26.8 Å². The molecule has 1 fully saturated rings. The van der Waals surface area contributed by atoms with E-state index < -0.39 is 12.1 Å². The molecule has 31 heavy (non-hydrogen) atoms. The Morgan fingerprint density at radius 3 is 2.61 bits per heavy atom. The minimum Gasteiger partial charge on any atom is -0.366 e. The first-order valence-electron chi connectivity index (χ1n) is 10.0. The lowest BCUT2D eigenvalue weighted by molar-refractivity contribution is -0.113. The lowest BCUT2D eigenvalue weighted by atomic mass is 10.1. The normalized spacial score (nSPS) is 18.2. The number of rotatable bonds is 5. The van der Waals surface area contributed by atoms with Gasteiger partial charge in [-0.05, 0) is 19.9 Å². The maximum Gasteiger partial charge on any atom is 0.240 e. The second-order valence-corrected chi connectivity index (χ2v) is 7.82. The summed E-state index contributed by atoms with van der Waals surface area (Å²) in [4.78, 5) is 25.2. The average Bonchev–Trinajstić information content (AvgIpc) is 3.41. The number of anilines is 3. The van der Waals surface area contributed by atoms with Gasteiger partial charge in [0.2, 0.25) is 11.9 Å². The minimum atomic E-state index is -0.862. The maximum atomic E-state index is 14.0. The van der Waals surface area contributed by atoms with Crippen LogP contribution in [0.3, 0.4) is 0 Å². The number of halogens is 1. The molecule has 2 atom stereocenters. The van der Waals surface area contributed by atoms with Crippen LogP contribution in [-0.4, -0.2) is 54.5 Å². The Kier molecular flexibility index (Phi) is 6.52. The van der Waals surface area contributed by atoms with Crippen LogP contribution < -0.4 is 16.0 Å². The number of fused-ring (bicyclic) bond motifs is 1. The van der Waals surface area contributed by atoms with Crippen LogP contribution in [0.25, 0.3) is 11.2 Å². The fourth-order valence-corrected chi connectivity index (χ4v) is 3.22. The van der Waals surface area contributed by atoms with Crippen molar-refractivity contribution in [3.8, 4) is 0 Å². The number of carbonyl (C=O) groups excluding carboxylic acids is 1. The standard InChI is InChI=1S/C17H23FN8.C3H5NO/c1-10(2)26-9-19-14-15(21-12-5-20-24(4)7-12)22-17(23-16(14)26)25-6-11(3)13(18)8-25;1-2-3(4)5/h5,7,9-11,13H,6,8H2,1-4H3,(H,21,22,23);2H,1H2,(H2,4,5). The highest BCUT2D eigenvalue weighted by Gasteiger charge is 2.31. The van der Waals surface area contributed by atoms with Crippen LogP contribution in [0.15, 0.2) is 31.4 Å². The van der Waals surface area contributed by atoms with E-state index in [4.69, 9.17) is 4.98 Å². The Labute approximate surface area is 180 Å². The summed E-state index contributed by atoms with van der Waals surface area (Å²) >= 11 is 0. The molecule has 3 aromatic heterocycles. The molecule has 1 aliphatic rings. The van der Waals surface area contributed by atoms with Gasteiger partial charge >= 0.3 is 0 Å². The van der Waals surface area contributed by atoms with Gasteiger partial charge in [0.25, 0.3) is 0 Å². The smallest absolute Gasteiger partial charge is 0.240 e. The van der Waals surface area contributed by atoms with Crippen molar-refractivity contribution in [2.45, 2.75) is 33.0 Å². The SMILES string of the molecule is C=CC(N)=O.CC1CN(c2nc(Nc3cnn(C)c3)c3ncn(C(C)C)c3n2)CC1F. The monoisotopic (exact) mass is 429 g/mol. The van der Waals surface area contributed by atoms with Crippen LogP contribution in [0.5, 0.6) is 0 Å². The van der Waals surface area contributed by atoms with Crippen molar-refractivity contribution in [3.05, 3.63) is 31.4 Å². The molecule has 11 heteroatoms. The van der Waals surface area contributed by atoms with Crippen LogP contribution >= 0.6 is 0 Å². The van der Waals surface area contributed by atoms with E-state index >= 15 is 0 Å². The summed E-state index contributed by atoms with van der Waals surface area (Å²) in [6.07, 6.45) is 5.55. The molecule has 1 aliphatic heterocycles. The maximum absolute atomic E-state index is 14.0. The summed E-state index contributed by atoms with van der Waals surface area (Å²) in [5.41, 5.74) is 6.78. The second kappa shape index (κ2) is 9.11. The quantitative estimate of drug-likeness (QED) is 0.597. The molecule has 0 spiro atoms. The molecule has 1 amide bonds. The highest BCUT2D eigenvalue weighted by Crippen LogP contribution is 2.29. The van der Waals surface area contributed by atoms with Gasteiger partial charge in [0.1, 0.15) is 6.17 Å². The summed E-state index contributed by atoms with van der Waals surface area (Å²) in [6.45, 7) is 10.1. The van der Waals surface area contributed by atoms with Gasteiger partial charge in [-0.2, -0.15) is 15.1 Å². The first-order chi connectivity index (χ1) is 14.7. The van der Waals surface area contributed by atoms with Crippen molar-refractivity contribution >= 4 is 34.5 Å². The Bertz CT molecular complexity index is 1060. The van der Waals surface area contributed by atoms with Crippen LogP contribution in [0.4, 0.5) is 21.8 Å². The molecule has 1 saturated heterocycles. The van der Waals surface area contributed by atoms with E-state index in [1.807, 2.05) is 29.6 Å². The molecule has 166 valence electrons. The molecule has 3 aromatic rings. The summed E-state index contributed by atoms with van der Waals surface area (Å²) in [5, 5.41) is 7.45. The molecule has 0 bridgehead atoms. The van der Waals surface area contributed by atoms with Gasteiger partial charge in [0.05, 0.1) is 24.8 Å². The zero-order chi connectivity index (χ0) is 22.7. The first kappa shape index (κ1) is 22.2. The van der Waals surface area contributed by atoms with Gasteiger partial charge in [-0.25, -0.2) is 9.37 Å². The summed E-state index contributed by atoms with van der Waals surface area (Å²) in [6, 6.07) is 0.209. The summed E-state index contributed by atoms with van der Waals surface area (Å²) in [7, 11) is 1.85. The molecular weight excluding hydrogens is 401 g/mol. The molecule has 0 radical (unpaired) electrons. The van der Waals surface area contributed by atoms with Crippen molar-refractivity contribution in [1.82, 2.24) is 29.3 Å². The molecule has 4 heterocycles. The Morgan fingerprint density at radius 1 is 1.39 bits per heavy atom. The number of nitrogens with two attached hydrogens (primary N) is 1. The largest absolute Gasteiger partial charge is 0.366 e. The molecule has 0 aromatic carbocycles. The third kappa shape index (κ3) is 4.98. The van der Waals surface area contributed by atoms with Crippen LogP contribution in [-0.2, 0) is 11.8 Å². The number of nitrogens with one attached hydrogen (secondary N) is 1. The number of primary amides is 1. The number of aryl methyl sites for hydroxylation is 1. The van der Waals surface area contributed by atoms with E-state index in [0.717, 1.165) is 17.4 Å². The Hall–Kier alpha value is -3.50. The number of amides is 1. The molecule has 3 N–H and O–H groups in total. The highest BCUT2D eigenvalue weighted by molar-refractivity contribution is 5.86. The number of imidazole rings is 1. The summed E-state index contributed by atoms with van der Waals surface area (Å²) in [5.74, 6) is 0.620. The number of carbonyl (C=O) groups is 1. The van der Waals surface area contributed by atoms with Gasteiger partial charge in [0, 0.05) is 31.7 Å². The fourth-order valence-electron chi connectivity index (χ4n) is 3.22. The Morgan fingerprint density at radius 2 is 2.10 bits per heavy atom. The van der Waals surface area contributed by atoms with Gasteiger partial charge in [-0.15, -0.1) is 0 Å². The number of hydrogen-bond acceptors (Lipinski definition) is 7. The predicted octanol–water partition coefficient (Wildman–Crippen LogP) is 2.34. The van der Waals surface area contributed by atoms with Crippen molar-refractivity contribution in [2.24, 2.45) is 18.7 Å². The summed E-state index contributed by atoms with van der Waals surface area (Å²) < 4.78 is 17.7. The topological polar surface area (TPSA) is 120 Å². The minimum absolute atomic E-state index is 0.0287. The average molecular weight is 430 g/mol. The molecule has 0 aliphatic carbocycles. The van der Waals surface area contributed by atoms with E-state index in [-0.39, 0.29) is 12.0 Å². The third-order valence-electron chi connectivity index (χ3n) is 4.94. The van der Waals surface area contributed by atoms with Crippen LogP contribution in [0.2, 0.25) is 0 Å². The lowest BCUT2D eigenvalue weighted by Gasteiger charge is -2.17. The van der Waals surface area contributed by atoms with Crippen molar-refractivity contribution in [3.63, 3.8) is 0 Å². The Balaban J connectivity index is 0.000000491. The zero-order valence-electron chi connectivity index (χ0n) is 18.2. The first-order valence-corrected chi connectivity index (χ1v) is 10.0. The van der Waals surface area contributed by atoms with Gasteiger partial charge in [-0.1, -0.05) is 13.5 Å². The fraction of sp³-hybridized carbons (Fsp3) is 0.450. The number of alkyl halides is 1. The number of aromatic nitrogens is 6. The van der Waals surface area contributed by atoms with E-state index in [0.29, 0.717) is 30.4 Å². The van der Waals surface area contributed by atoms with Crippen LogP contribution in [0, 0.1) is 5.92 Å². The second-order valence-electron chi connectivity index (χ2n) is 7.82. The zero-order valence-corrected chi connectivity index (χ0v) is 18.2. The third-order valence-corrected chi connectivity index (χ3v) is 4.94. The highest BCUT2D eigenvalue weighted by atomic mass is 19.1.